The molecule has 0 aromatic heterocycles. The minimum absolute atomic E-state index is 0.0567. The summed E-state index contributed by atoms with van der Waals surface area (Å²) >= 11 is 0. The molecule has 1 heterocycles. The maximum atomic E-state index is 6.76. The van der Waals surface area contributed by atoms with Gasteiger partial charge in [-0.05, 0) is 62.3 Å². The molecule has 6 heteroatoms. The van der Waals surface area contributed by atoms with E-state index in [0.29, 0.717) is 0 Å². The molecule has 0 radical (unpaired) electrons. The third-order valence-electron chi connectivity index (χ3n) is 6.92. The Bertz CT molecular complexity index is 741. The number of ether oxygens (including phenoxy) is 2. The van der Waals surface area contributed by atoms with Crippen molar-refractivity contribution >= 4 is 16.6 Å². The van der Waals surface area contributed by atoms with Gasteiger partial charge in [-0.25, -0.2) is 0 Å². The van der Waals surface area contributed by atoms with E-state index in [1.54, 1.807) is 12.2 Å². The van der Waals surface area contributed by atoms with Crippen molar-refractivity contribution in [2.24, 2.45) is 0 Å². The number of hydrogen-bond donors (Lipinski definition) is 0. The van der Waals surface area contributed by atoms with Gasteiger partial charge in [-0.1, -0.05) is 65.2 Å². The summed E-state index contributed by atoms with van der Waals surface area (Å²) < 4.78 is 26.3. The standard InChI is InChI=1S/C25H42O4Si2/c1-23(2,3)30(9,10)28-19-17-15-13-14-16-18-20(29-31(11,12)24(4,5)6)22-21(19)26-25(7,8)27-22/h13-14,19-22H,1-12H3/b14-13-/t19-,20-,21+,22+/m1/s1. The molecule has 0 unspecified atom stereocenters. The molecule has 1 fully saturated rings. The lowest BCUT2D eigenvalue weighted by Gasteiger charge is -2.41. The highest BCUT2D eigenvalue weighted by molar-refractivity contribution is 6.74. The lowest BCUT2D eigenvalue weighted by atomic mass is 10.0. The highest BCUT2D eigenvalue weighted by Gasteiger charge is 2.53. The predicted octanol–water partition coefficient (Wildman–Crippen LogP) is 5.86. The fourth-order valence-corrected chi connectivity index (χ4v) is 5.34. The third kappa shape index (κ3) is 6.35. The van der Waals surface area contributed by atoms with Gasteiger partial charge in [-0.15, -0.1) is 0 Å². The van der Waals surface area contributed by atoms with Crippen molar-refractivity contribution < 1.29 is 18.3 Å². The molecule has 1 aliphatic heterocycles. The van der Waals surface area contributed by atoms with E-state index in [9.17, 15) is 0 Å². The number of allylic oxidation sites excluding steroid dienone is 2. The maximum absolute atomic E-state index is 6.76. The smallest absolute Gasteiger partial charge is 0.193 e. The predicted molar refractivity (Wildman–Crippen MR) is 133 cm³/mol. The number of fused-ring (bicyclic) bond motifs is 1. The highest BCUT2D eigenvalue weighted by Crippen LogP contribution is 2.42. The van der Waals surface area contributed by atoms with Crippen molar-refractivity contribution in [2.45, 2.75) is 122 Å². The van der Waals surface area contributed by atoms with Gasteiger partial charge in [0, 0.05) is 0 Å². The van der Waals surface area contributed by atoms with Crippen LogP contribution in [0.4, 0.5) is 0 Å². The van der Waals surface area contributed by atoms with Crippen LogP contribution < -0.4 is 0 Å². The van der Waals surface area contributed by atoms with E-state index < -0.39 is 34.6 Å². The van der Waals surface area contributed by atoms with Crippen molar-refractivity contribution in [3.8, 4) is 23.7 Å². The van der Waals surface area contributed by atoms with Crippen LogP contribution in [0.2, 0.25) is 36.3 Å². The first-order valence-electron chi connectivity index (χ1n) is 11.2. The summed E-state index contributed by atoms with van der Waals surface area (Å²) in [6.07, 6.45) is 1.96. The zero-order valence-electron chi connectivity index (χ0n) is 21.6. The second-order valence-corrected chi connectivity index (χ2v) is 21.6. The summed E-state index contributed by atoms with van der Waals surface area (Å²) in [5, 5.41) is 0.113. The van der Waals surface area contributed by atoms with Crippen LogP contribution in [0.25, 0.3) is 0 Å². The first-order valence-corrected chi connectivity index (χ1v) is 17.1. The molecule has 174 valence electrons. The van der Waals surface area contributed by atoms with E-state index in [2.05, 4.69) is 91.4 Å². The molecule has 1 aliphatic carbocycles. The van der Waals surface area contributed by atoms with Gasteiger partial charge in [0.2, 0.25) is 0 Å². The molecule has 4 atom stereocenters. The van der Waals surface area contributed by atoms with Crippen molar-refractivity contribution in [1.29, 1.82) is 0 Å². The first-order chi connectivity index (χ1) is 13.9. The summed E-state index contributed by atoms with van der Waals surface area (Å²) in [6, 6.07) is 0. The zero-order valence-corrected chi connectivity index (χ0v) is 23.6. The summed E-state index contributed by atoms with van der Waals surface area (Å²) in [4.78, 5) is 0. The minimum Gasteiger partial charge on any atom is -0.401 e. The van der Waals surface area contributed by atoms with E-state index >= 15 is 0 Å². The molecule has 31 heavy (non-hydrogen) atoms. The van der Waals surface area contributed by atoms with E-state index in [1.807, 2.05) is 13.8 Å². The summed E-state index contributed by atoms with van der Waals surface area (Å²) in [5.74, 6) is 12.0. The quantitative estimate of drug-likeness (QED) is 0.387. The molecule has 0 spiro atoms. The van der Waals surface area contributed by atoms with E-state index in [-0.39, 0.29) is 22.3 Å². The van der Waals surface area contributed by atoms with Gasteiger partial charge in [0.05, 0.1) is 0 Å². The van der Waals surface area contributed by atoms with Gasteiger partial charge in [0.15, 0.2) is 22.4 Å². The molecule has 0 amide bonds. The topological polar surface area (TPSA) is 36.9 Å². The third-order valence-corrected chi connectivity index (χ3v) is 15.8. The van der Waals surface area contributed by atoms with Crippen LogP contribution in [-0.4, -0.2) is 46.8 Å². The molecule has 0 N–H and O–H groups in total. The van der Waals surface area contributed by atoms with Crippen LogP contribution in [0, 0.1) is 23.7 Å². The van der Waals surface area contributed by atoms with Crippen LogP contribution in [0.15, 0.2) is 12.2 Å². The number of hydrogen-bond acceptors (Lipinski definition) is 4. The minimum atomic E-state index is -2.10. The van der Waals surface area contributed by atoms with Crippen LogP contribution in [0.5, 0.6) is 0 Å². The van der Waals surface area contributed by atoms with Gasteiger partial charge in [-0.3, -0.25) is 0 Å². The Morgan fingerprint density at radius 3 is 1.32 bits per heavy atom. The van der Waals surface area contributed by atoms with E-state index in [4.69, 9.17) is 18.3 Å². The molecule has 0 aromatic rings. The Labute approximate surface area is 192 Å². The average Bonchev–Trinajstić information content (AvgIpc) is 2.88. The van der Waals surface area contributed by atoms with Crippen LogP contribution >= 0.6 is 0 Å². The molecule has 0 bridgehead atoms. The Balaban J connectivity index is 2.49. The van der Waals surface area contributed by atoms with Crippen LogP contribution in [0.1, 0.15) is 55.4 Å². The zero-order chi connectivity index (χ0) is 23.9. The van der Waals surface area contributed by atoms with Gasteiger partial charge in [0.25, 0.3) is 0 Å². The lowest BCUT2D eigenvalue weighted by molar-refractivity contribution is -0.155. The monoisotopic (exact) mass is 462 g/mol. The Hall–Kier alpha value is -0.866. The Kier molecular flexibility index (Phi) is 7.51. The Morgan fingerprint density at radius 2 is 1.03 bits per heavy atom. The van der Waals surface area contributed by atoms with Crippen molar-refractivity contribution in [3.05, 3.63) is 12.2 Å². The van der Waals surface area contributed by atoms with Gasteiger partial charge in [0.1, 0.15) is 24.4 Å². The fraction of sp³-hybridized carbons (Fsp3) is 0.760. The van der Waals surface area contributed by atoms with Gasteiger partial charge < -0.3 is 18.3 Å². The second-order valence-electron chi connectivity index (χ2n) is 12.1. The normalized spacial score (nSPS) is 29.8. The average molecular weight is 463 g/mol. The molecule has 4 nitrogen and oxygen atoms in total. The first kappa shape index (κ1) is 26.4. The number of rotatable bonds is 4. The fourth-order valence-electron chi connectivity index (χ4n) is 2.98. The van der Waals surface area contributed by atoms with Crippen LogP contribution in [0.3, 0.4) is 0 Å². The van der Waals surface area contributed by atoms with Gasteiger partial charge >= 0.3 is 0 Å². The molecule has 2 aliphatic rings. The second kappa shape index (κ2) is 8.82. The maximum Gasteiger partial charge on any atom is 0.193 e. The van der Waals surface area contributed by atoms with E-state index in [0.717, 1.165) is 0 Å². The molecule has 0 aromatic carbocycles. The summed E-state index contributed by atoms with van der Waals surface area (Å²) in [5.41, 5.74) is 0. The highest BCUT2D eigenvalue weighted by atomic mass is 28.4. The lowest BCUT2D eigenvalue weighted by Crippen LogP contribution is -2.53. The van der Waals surface area contributed by atoms with Gasteiger partial charge in [-0.2, -0.15) is 0 Å². The SMILES string of the molecule is CC1(C)O[C@@H]2[C@@H](O1)[C@H](O[Si](C)(C)C(C)(C)C)C#C/C=C\C#C[C@H]2O[Si](C)(C)C(C)(C)C. The summed E-state index contributed by atoms with van der Waals surface area (Å²) in [6.45, 7) is 26.2. The molecular formula is C25H42O4Si2. The summed E-state index contributed by atoms with van der Waals surface area (Å²) in [7, 11) is -4.19. The molecular weight excluding hydrogens is 420 g/mol. The molecule has 0 saturated carbocycles. The van der Waals surface area contributed by atoms with Crippen molar-refractivity contribution in [1.82, 2.24) is 0 Å². The van der Waals surface area contributed by atoms with Crippen molar-refractivity contribution in [3.63, 3.8) is 0 Å². The molecule has 1 saturated heterocycles. The van der Waals surface area contributed by atoms with Crippen molar-refractivity contribution in [2.75, 3.05) is 0 Å². The van der Waals surface area contributed by atoms with Crippen LogP contribution in [-0.2, 0) is 18.3 Å². The largest absolute Gasteiger partial charge is 0.401 e. The Morgan fingerprint density at radius 1 is 0.710 bits per heavy atom. The molecule has 2 rings (SSSR count). The van der Waals surface area contributed by atoms with E-state index in [1.165, 1.54) is 0 Å².